The molecule has 0 aromatic heterocycles. The van der Waals surface area contributed by atoms with Crippen LogP contribution in [0.1, 0.15) is 41.7 Å². The van der Waals surface area contributed by atoms with Crippen LogP contribution in [0.5, 0.6) is 5.75 Å². The number of rotatable bonds is 12. The van der Waals surface area contributed by atoms with E-state index in [1.807, 2.05) is 74.6 Å². The molecule has 1 saturated heterocycles. The molecule has 3 aromatic carbocycles. The van der Waals surface area contributed by atoms with E-state index in [4.69, 9.17) is 9.57 Å². The summed E-state index contributed by atoms with van der Waals surface area (Å²) < 4.78 is 5.24. The van der Waals surface area contributed by atoms with Gasteiger partial charge in [0.1, 0.15) is 24.0 Å². The maximum absolute atomic E-state index is 13.5. The highest BCUT2D eigenvalue weighted by molar-refractivity contribution is 5.82. The van der Waals surface area contributed by atoms with Crippen LogP contribution in [-0.2, 0) is 16.2 Å². The third kappa shape index (κ3) is 8.38. The topological polar surface area (TPSA) is 115 Å². The van der Waals surface area contributed by atoms with Gasteiger partial charge in [0.05, 0.1) is 26.4 Å². The van der Waals surface area contributed by atoms with E-state index in [1.165, 1.54) is 0 Å². The minimum atomic E-state index is -0.968. The van der Waals surface area contributed by atoms with Gasteiger partial charge in [-0.25, -0.2) is 0 Å². The summed E-state index contributed by atoms with van der Waals surface area (Å²) in [5.74, 6) is 5.80. The SMILES string of the molecule is COc1ccc(C(O)C#Cc2cccc(CN3O[C@H](CO)[C@H]([C@@H](C)O)[C@@H]3C(=O)NCCCN(C)c3ccccc3)c2)c(C)c1. The monoisotopic (exact) mass is 601 g/mol. The van der Waals surface area contributed by atoms with Gasteiger partial charge in [-0.2, -0.15) is 5.06 Å². The van der Waals surface area contributed by atoms with Crippen molar-refractivity contribution in [2.24, 2.45) is 5.92 Å². The van der Waals surface area contributed by atoms with E-state index >= 15 is 0 Å². The van der Waals surface area contributed by atoms with Crippen LogP contribution in [0.3, 0.4) is 0 Å². The third-order valence-electron chi connectivity index (χ3n) is 7.94. The normalized spacial score (nSPS) is 19.5. The molecular formula is C35H43N3O6. The van der Waals surface area contributed by atoms with Gasteiger partial charge in [0, 0.05) is 37.3 Å². The molecule has 0 bridgehead atoms. The zero-order chi connectivity index (χ0) is 31.6. The standard InChI is InChI=1S/C35H43N3O6/c1-24-20-29(43-4)15-16-30(24)31(41)17-14-26-10-8-11-27(21-26)22-38-34(33(25(2)40)32(23-39)44-38)35(42)36-18-9-19-37(3)28-12-6-5-7-13-28/h5-8,10-13,15-16,20-21,25,31-34,39-41H,9,18-19,22-23H2,1-4H3,(H,36,42)/t25-,31?,32-,33+,34-/m1/s1. The number of nitrogens with one attached hydrogen (secondary N) is 1. The van der Waals surface area contributed by atoms with Gasteiger partial charge in [0.15, 0.2) is 0 Å². The molecule has 9 nitrogen and oxygen atoms in total. The number of hydrogen-bond acceptors (Lipinski definition) is 8. The summed E-state index contributed by atoms with van der Waals surface area (Å²) in [6.45, 7) is 4.64. The minimum absolute atomic E-state index is 0.240. The Morgan fingerprint density at radius 1 is 1.11 bits per heavy atom. The predicted molar refractivity (Wildman–Crippen MR) is 170 cm³/mol. The molecule has 5 atom stereocenters. The zero-order valence-corrected chi connectivity index (χ0v) is 25.8. The fraction of sp³-hybridized carbons (Fsp3) is 0.400. The van der Waals surface area contributed by atoms with Crippen molar-refractivity contribution in [2.45, 2.75) is 51.2 Å². The molecule has 9 heteroatoms. The maximum atomic E-state index is 13.5. The van der Waals surface area contributed by atoms with Crippen molar-refractivity contribution in [1.82, 2.24) is 10.4 Å². The molecule has 0 aliphatic carbocycles. The minimum Gasteiger partial charge on any atom is -0.497 e. The van der Waals surface area contributed by atoms with E-state index < -0.39 is 30.3 Å². The van der Waals surface area contributed by atoms with Crippen LogP contribution in [0.25, 0.3) is 0 Å². The molecular weight excluding hydrogens is 558 g/mol. The number of amides is 1. The molecule has 3 aromatic rings. The van der Waals surface area contributed by atoms with Gasteiger partial charge < -0.3 is 30.3 Å². The molecule has 1 aliphatic heterocycles. The molecule has 0 radical (unpaired) electrons. The van der Waals surface area contributed by atoms with Crippen LogP contribution in [-0.4, -0.2) is 78.4 Å². The Labute approximate surface area is 260 Å². The van der Waals surface area contributed by atoms with Gasteiger partial charge in [-0.1, -0.05) is 48.2 Å². The van der Waals surface area contributed by atoms with Gasteiger partial charge in [-0.3, -0.25) is 9.63 Å². The number of nitrogens with zero attached hydrogens (tertiary/aromatic N) is 2. The summed E-state index contributed by atoms with van der Waals surface area (Å²) in [5.41, 5.74) is 4.22. The second-order valence-corrected chi connectivity index (χ2v) is 11.2. The lowest BCUT2D eigenvalue weighted by Gasteiger charge is -2.26. The number of aliphatic hydroxyl groups is 3. The smallest absolute Gasteiger partial charge is 0.240 e. The van der Waals surface area contributed by atoms with Crippen LogP contribution in [0, 0.1) is 24.7 Å². The van der Waals surface area contributed by atoms with Crippen molar-refractivity contribution in [1.29, 1.82) is 0 Å². The third-order valence-corrected chi connectivity index (χ3v) is 7.94. The highest BCUT2D eigenvalue weighted by atomic mass is 16.7. The molecule has 234 valence electrons. The van der Waals surface area contributed by atoms with E-state index in [0.717, 1.165) is 29.8 Å². The van der Waals surface area contributed by atoms with E-state index in [9.17, 15) is 20.1 Å². The number of aryl methyl sites for hydroxylation is 1. The van der Waals surface area contributed by atoms with E-state index in [-0.39, 0.29) is 19.1 Å². The Balaban J connectivity index is 1.43. The molecule has 1 heterocycles. The molecule has 1 aliphatic rings. The van der Waals surface area contributed by atoms with E-state index in [0.29, 0.717) is 23.4 Å². The Morgan fingerprint density at radius 3 is 2.57 bits per heavy atom. The zero-order valence-electron chi connectivity index (χ0n) is 25.8. The van der Waals surface area contributed by atoms with E-state index in [2.05, 4.69) is 22.1 Å². The first-order chi connectivity index (χ1) is 21.2. The Bertz CT molecular complexity index is 1440. The fourth-order valence-electron chi connectivity index (χ4n) is 5.56. The quantitative estimate of drug-likeness (QED) is 0.185. The Kier molecular flexibility index (Phi) is 11.8. The van der Waals surface area contributed by atoms with Gasteiger partial charge in [-0.05, 0) is 73.4 Å². The van der Waals surface area contributed by atoms with Crippen LogP contribution in [0.15, 0.2) is 72.8 Å². The van der Waals surface area contributed by atoms with Crippen LogP contribution < -0.4 is 15.0 Å². The van der Waals surface area contributed by atoms with Crippen molar-refractivity contribution >= 4 is 11.6 Å². The van der Waals surface area contributed by atoms with Gasteiger partial charge in [0.2, 0.25) is 5.91 Å². The van der Waals surface area contributed by atoms with Crippen molar-refractivity contribution in [3.63, 3.8) is 0 Å². The number of benzene rings is 3. The van der Waals surface area contributed by atoms with Crippen molar-refractivity contribution < 1.29 is 29.7 Å². The maximum Gasteiger partial charge on any atom is 0.240 e. The lowest BCUT2D eigenvalue weighted by molar-refractivity contribution is -0.181. The average Bonchev–Trinajstić information content (AvgIpc) is 3.40. The number of aliphatic hydroxyl groups excluding tert-OH is 3. The molecule has 4 N–H and O–H groups in total. The van der Waals surface area contributed by atoms with Crippen molar-refractivity contribution in [3.8, 4) is 17.6 Å². The first-order valence-electron chi connectivity index (χ1n) is 14.9. The van der Waals surface area contributed by atoms with Gasteiger partial charge in [-0.15, -0.1) is 0 Å². The summed E-state index contributed by atoms with van der Waals surface area (Å²) in [6.07, 6.45) is -1.84. The second-order valence-electron chi connectivity index (χ2n) is 11.2. The molecule has 1 amide bonds. The molecule has 0 saturated carbocycles. The summed E-state index contributed by atoms with van der Waals surface area (Å²) in [6, 6.07) is 22.2. The lowest BCUT2D eigenvalue weighted by Crippen LogP contribution is -2.49. The fourth-order valence-corrected chi connectivity index (χ4v) is 5.56. The lowest BCUT2D eigenvalue weighted by atomic mass is 9.89. The molecule has 1 fully saturated rings. The number of anilines is 1. The number of carbonyl (C=O) groups is 1. The number of methoxy groups -OCH3 is 1. The number of hydroxylamine groups is 2. The first-order valence-corrected chi connectivity index (χ1v) is 14.9. The summed E-state index contributed by atoms with van der Waals surface area (Å²) >= 11 is 0. The van der Waals surface area contributed by atoms with Crippen LogP contribution >= 0.6 is 0 Å². The average molecular weight is 602 g/mol. The molecule has 1 unspecified atom stereocenters. The van der Waals surface area contributed by atoms with Crippen molar-refractivity contribution in [3.05, 3.63) is 95.1 Å². The number of hydrogen-bond donors (Lipinski definition) is 4. The summed E-state index contributed by atoms with van der Waals surface area (Å²) in [5, 5.41) is 35.9. The number of ether oxygens (including phenoxy) is 1. The largest absolute Gasteiger partial charge is 0.497 e. The Morgan fingerprint density at radius 2 is 1.89 bits per heavy atom. The van der Waals surface area contributed by atoms with Crippen molar-refractivity contribution in [2.75, 3.05) is 38.8 Å². The molecule has 0 spiro atoms. The van der Waals surface area contributed by atoms with Crippen LogP contribution in [0.2, 0.25) is 0 Å². The number of para-hydroxylation sites is 1. The van der Waals surface area contributed by atoms with E-state index in [1.54, 1.807) is 31.2 Å². The first kappa shape index (κ1) is 33.0. The highest BCUT2D eigenvalue weighted by Crippen LogP contribution is 2.32. The number of carbonyl (C=O) groups excluding carboxylic acids is 1. The molecule has 44 heavy (non-hydrogen) atoms. The Hall–Kier alpha value is -3.91. The van der Waals surface area contributed by atoms with Gasteiger partial charge in [0.25, 0.3) is 0 Å². The highest BCUT2D eigenvalue weighted by Gasteiger charge is 2.49. The van der Waals surface area contributed by atoms with Crippen LogP contribution in [0.4, 0.5) is 5.69 Å². The molecule has 4 rings (SSSR count). The summed E-state index contributed by atoms with van der Waals surface area (Å²) in [7, 11) is 3.61. The van der Waals surface area contributed by atoms with Gasteiger partial charge >= 0.3 is 0 Å². The second kappa shape index (κ2) is 15.7. The summed E-state index contributed by atoms with van der Waals surface area (Å²) in [4.78, 5) is 21.6. The predicted octanol–water partition coefficient (Wildman–Crippen LogP) is 3.21.